The van der Waals surface area contributed by atoms with E-state index in [0.29, 0.717) is 29.4 Å². The van der Waals surface area contributed by atoms with Gasteiger partial charge in [-0.3, -0.25) is 4.79 Å². The summed E-state index contributed by atoms with van der Waals surface area (Å²) in [5.41, 5.74) is 0.466. The van der Waals surface area contributed by atoms with Gasteiger partial charge in [0.2, 0.25) is 0 Å². The lowest BCUT2D eigenvalue weighted by Crippen LogP contribution is -2.24. The second kappa shape index (κ2) is 6.74. The van der Waals surface area contributed by atoms with Crippen molar-refractivity contribution >= 4 is 5.91 Å². The molecule has 0 fully saturated rings. The monoisotopic (exact) mass is 290 g/mol. The average molecular weight is 290 g/mol. The highest BCUT2D eigenvalue weighted by Gasteiger charge is 2.11. The Morgan fingerprint density at radius 2 is 1.90 bits per heavy atom. The SMILES string of the molecule is CCn1cnnc1CNC(=O)c1cc(OC)cc(OC)c1. The molecule has 0 spiro atoms. The predicted molar refractivity (Wildman–Crippen MR) is 76.4 cm³/mol. The van der Waals surface area contributed by atoms with Crippen LogP contribution in [0.1, 0.15) is 23.1 Å². The van der Waals surface area contributed by atoms with Gasteiger partial charge in [0.15, 0.2) is 5.82 Å². The first-order valence-corrected chi connectivity index (χ1v) is 6.55. The number of hydrogen-bond acceptors (Lipinski definition) is 5. The van der Waals surface area contributed by atoms with Gasteiger partial charge >= 0.3 is 0 Å². The average Bonchev–Trinajstić information content (AvgIpc) is 2.99. The molecule has 0 saturated carbocycles. The van der Waals surface area contributed by atoms with E-state index in [9.17, 15) is 4.79 Å². The van der Waals surface area contributed by atoms with Crippen molar-refractivity contribution in [2.45, 2.75) is 20.0 Å². The van der Waals surface area contributed by atoms with Crippen LogP contribution in [-0.2, 0) is 13.1 Å². The highest BCUT2D eigenvalue weighted by Crippen LogP contribution is 2.22. The summed E-state index contributed by atoms with van der Waals surface area (Å²) in [6.45, 7) is 3.05. The van der Waals surface area contributed by atoms with Crippen molar-refractivity contribution in [3.63, 3.8) is 0 Å². The van der Waals surface area contributed by atoms with E-state index in [2.05, 4.69) is 15.5 Å². The molecule has 1 aromatic heterocycles. The largest absolute Gasteiger partial charge is 0.497 e. The van der Waals surface area contributed by atoms with E-state index in [4.69, 9.17) is 9.47 Å². The van der Waals surface area contributed by atoms with Gasteiger partial charge in [-0.1, -0.05) is 0 Å². The van der Waals surface area contributed by atoms with Crippen LogP contribution in [0.5, 0.6) is 11.5 Å². The molecular weight excluding hydrogens is 272 g/mol. The molecule has 1 aromatic carbocycles. The fraction of sp³-hybridized carbons (Fsp3) is 0.357. The number of aromatic nitrogens is 3. The van der Waals surface area contributed by atoms with Crippen LogP contribution >= 0.6 is 0 Å². The van der Waals surface area contributed by atoms with Gasteiger partial charge in [0.25, 0.3) is 5.91 Å². The number of benzene rings is 1. The van der Waals surface area contributed by atoms with E-state index in [1.54, 1.807) is 38.7 Å². The molecule has 1 amide bonds. The molecule has 0 radical (unpaired) electrons. The Kier molecular flexibility index (Phi) is 4.76. The molecule has 0 saturated heterocycles. The number of ether oxygens (including phenoxy) is 2. The Balaban J connectivity index is 2.09. The number of rotatable bonds is 6. The van der Waals surface area contributed by atoms with Gasteiger partial charge in [0, 0.05) is 18.2 Å². The number of nitrogens with one attached hydrogen (secondary N) is 1. The normalized spacial score (nSPS) is 10.2. The maximum absolute atomic E-state index is 12.2. The van der Waals surface area contributed by atoms with Crippen molar-refractivity contribution < 1.29 is 14.3 Å². The van der Waals surface area contributed by atoms with Gasteiger partial charge in [-0.2, -0.15) is 0 Å². The summed E-state index contributed by atoms with van der Waals surface area (Å²) < 4.78 is 12.2. The summed E-state index contributed by atoms with van der Waals surface area (Å²) in [7, 11) is 3.08. The molecule has 112 valence electrons. The minimum atomic E-state index is -0.224. The van der Waals surface area contributed by atoms with Gasteiger partial charge in [0.1, 0.15) is 17.8 Å². The van der Waals surface area contributed by atoms with E-state index < -0.39 is 0 Å². The van der Waals surface area contributed by atoms with Crippen molar-refractivity contribution in [3.8, 4) is 11.5 Å². The molecule has 0 unspecified atom stereocenters. The smallest absolute Gasteiger partial charge is 0.251 e. The van der Waals surface area contributed by atoms with Crippen molar-refractivity contribution in [1.29, 1.82) is 0 Å². The first-order valence-electron chi connectivity index (χ1n) is 6.55. The molecule has 2 aromatic rings. The van der Waals surface area contributed by atoms with Crippen LogP contribution in [0.15, 0.2) is 24.5 Å². The Hall–Kier alpha value is -2.57. The third-order valence-corrected chi connectivity index (χ3v) is 3.06. The van der Waals surface area contributed by atoms with Crippen LogP contribution in [0.2, 0.25) is 0 Å². The van der Waals surface area contributed by atoms with E-state index in [1.807, 2.05) is 11.5 Å². The van der Waals surface area contributed by atoms with Crippen molar-refractivity contribution in [3.05, 3.63) is 35.9 Å². The van der Waals surface area contributed by atoms with E-state index >= 15 is 0 Å². The summed E-state index contributed by atoms with van der Waals surface area (Å²) >= 11 is 0. The molecule has 0 aliphatic carbocycles. The highest BCUT2D eigenvalue weighted by molar-refractivity contribution is 5.95. The number of aryl methyl sites for hydroxylation is 1. The van der Waals surface area contributed by atoms with Crippen LogP contribution in [-0.4, -0.2) is 34.9 Å². The molecular formula is C14H18N4O3. The summed E-state index contributed by atoms with van der Waals surface area (Å²) in [5.74, 6) is 1.62. The van der Waals surface area contributed by atoms with Crippen molar-refractivity contribution in [1.82, 2.24) is 20.1 Å². The third kappa shape index (κ3) is 3.50. The lowest BCUT2D eigenvalue weighted by Gasteiger charge is -2.09. The van der Waals surface area contributed by atoms with E-state index in [0.717, 1.165) is 6.54 Å². The molecule has 2 rings (SSSR count). The zero-order valence-electron chi connectivity index (χ0n) is 12.3. The number of carbonyl (C=O) groups excluding carboxylic acids is 1. The third-order valence-electron chi connectivity index (χ3n) is 3.06. The number of amides is 1. The van der Waals surface area contributed by atoms with E-state index in [1.165, 1.54) is 0 Å². The van der Waals surface area contributed by atoms with Gasteiger partial charge in [-0.15, -0.1) is 10.2 Å². The highest BCUT2D eigenvalue weighted by atomic mass is 16.5. The Morgan fingerprint density at radius 3 is 2.48 bits per heavy atom. The van der Waals surface area contributed by atoms with Gasteiger partial charge in [0.05, 0.1) is 20.8 Å². The fourth-order valence-corrected chi connectivity index (χ4v) is 1.88. The number of nitrogens with zero attached hydrogens (tertiary/aromatic N) is 3. The molecule has 7 nitrogen and oxygen atoms in total. The van der Waals surface area contributed by atoms with Crippen LogP contribution in [0.4, 0.5) is 0 Å². The number of hydrogen-bond donors (Lipinski definition) is 1. The van der Waals surface area contributed by atoms with Crippen molar-refractivity contribution in [2.75, 3.05) is 14.2 Å². The van der Waals surface area contributed by atoms with E-state index in [-0.39, 0.29) is 5.91 Å². The van der Waals surface area contributed by atoms with Crippen molar-refractivity contribution in [2.24, 2.45) is 0 Å². The second-order valence-electron chi connectivity index (χ2n) is 4.32. The maximum atomic E-state index is 12.2. The second-order valence-corrected chi connectivity index (χ2v) is 4.32. The van der Waals surface area contributed by atoms with Crippen LogP contribution in [0, 0.1) is 0 Å². The zero-order valence-corrected chi connectivity index (χ0v) is 12.3. The topological polar surface area (TPSA) is 78.3 Å². The maximum Gasteiger partial charge on any atom is 0.251 e. The molecule has 0 aliphatic rings. The predicted octanol–water partition coefficient (Wildman–Crippen LogP) is 1.25. The minimum absolute atomic E-state index is 0.224. The molecule has 0 aliphatic heterocycles. The first-order chi connectivity index (χ1) is 10.2. The lowest BCUT2D eigenvalue weighted by molar-refractivity contribution is 0.0948. The Bertz CT molecular complexity index is 602. The fourth-order valence-electron chi connectivity index (χ4n) is 1.88. The molecule has 0 bridgehead atoms. The molecule has 0 atom stereocenters. The zero-order chi connectivity index (χ0) is 15.2. The summed E-state index contributed by atoms with van der Waals surface area (Å²) in [5, 5.41) is 10.6. The summed E-state index contributed by atoms with van der Waals surface area (Å²) in [6, 6.07) is 5.02. The van der Waals surface area contributed by atoms with Crippen LogP contribution < -0.4 is 14.8 Å². The summed E-state index contributed by atoms with van der Waals surface area (Å²) in [6.07, 6.45) is 1.63. The molecule has 7 heteroatoms. The molecule has 1 N–H and O–H groups in total. The first kappa shape index (κ1) is 14.8. The standard InChI is InChI=1S/C14H18N4O3/c1-4-18-9-16-17-13(18)8-15-14(19)10-5-11(20-2)7-12(6-10)21-3/h5-7,9H,4,8H2,1-3H3,(H,15,19). The summed E-state index contributed by atoms with van der Waals surface area (Å²) in [4.78, 5) is 12.2. The lowest BCUT2D eigenvalue weighted by atomic mass is 10.2. The quantitative estimate of drug-likeness (QED) is 0.866. The molecule has 21 heavy (non-hydrogen) atoms. The van der Waals surface area contributed by atoms with Gasteiger partial charge in [-0.05, 0) is 19.1 Å². The number of carbonyl (C=O) groups is 1. The minimum Gasteiger partial charge on any atom is -0.497 e. The molecule has 1 heterocycles. The Morgan fingerprint density at radius 1 is 1.24 bits per heavy atom. The van der Waals surface area contributed by atoms with Crippen LogP contribution in [0.25, 0.3) is 0 Å². The van der Waals surface area contributed by atoms with Gasteiger partial charge in [-0.25, -0.2) is 0 Å². The van der Waals surface area contributed by atoms with Crippen LogP contribution in [0.3, 0.4) is 0 Å². The van der Waals surface area contributed by atoms with Gasteiger partial charge < -0.3 is 19.4 Å². The number of methoxy groups -OCH3 is 2. The Labute approximate surface area is 122 Å².